The lowest BCUT2D eigenvalue weighted by atomic mass is 9.66. The normalized spacial score (nSPS) is 34.5. The van der Waals surface area contributed by atoms with Crippen LogP contribution in [0, 0.1) is 11.8 Å². The number of aliphatic hydroxyl groups is 1. The summed E-state index contributed by atoms with van der Waals surface area (Å²) < 4.78 is 9.73. The average molecular weight is 524 g/mol. The van der Waals surface area contributed by atoms with Crippen LogP contribution in [0.3, 0.4) is 0 Å². The summed E-state index contributed by atoms with van der Waals surface area (Å²) in [5, 5.41) is 10.2. The standard InChI is InChI=1S/C26H41N3O6S/c1-5-10-28(12-11-27-13-15-34-16-14-27)23(32)21-26-9-8-25(4,36-26)20(24(33)35-7-3)19(26)22(31)29(21)18(6-2)17-30/h5,18-21,30H,1,6-17H2,2-4H3/t18-,19-,20-,21?,25+,26?/m0/s1. The van der Waals surface area contributed by atoms with E-state index in [1.807, 2.05) is 13.8 Å². The molecule has 0 aromatic rings. The van der Waals surface area contributed by atoms with Crippen LogP contribution in [0.15, 0.2) is 12.7 Å². The molecule has 4 saturated heterocycles. The van der Waals surface area contributed by atoms with Crippen molar-refractivity contribution < 1.29 is 29.0 Å². The summed E-state index contributed by atoms with van der Waals surface area (Å²) in [7, 11) is 0. The van der Waals surface area contributed by atoms with Crippen LogP contribution < -0.4 is 0 Å². The minimum Gasteiger partial charge on any atom is -0.466 e. The van der Waals surface area contributed by atoms with Gasteiger partial charge in [0.05, 0.1) is 49.1 Å². The third-order valence-corrected chi connectivity index (χ3v) is 10.5. The van der Waals surface area contributed by atoms with Gasteiger partial charge >= 0.3 is 5.97 Å². The van der Waals surface area contributed by atoms with Gasteiger partial charge in [-0.05, 0) is 33.1 Å². The highest BCUT2D eigenvalue weighted by atomic mass is 32.2. The average Bonchev–Trinajstić information content (AvgIpc) is 3.44. The van der Waals surface area contributed by atoms with Gasteiger partial charge in [-0.25, -0.2) is 0 Å². The Bertz CT molecular complexity index is 863. The van der Waals surface area contributed by atoms with E-state index in [0.29, 0.717) is 45.7 Å². The fourth-order valence-electron chi connectivity index (χ4n) is 6.75. The Morgan fingerprint density at radius 3 is 2.67 bits per heavy atom. The van der Waals surface area contributed by atoms with Crippen molar-refractivity contribution in [2.75, 3.05) is 59.2 Å². The molecule has 4 aliphatic rings. The van der Waals surface area contributed by atoms with Crippen LogP contribution in [-0.2, 0) is 23.9 Å². The molecule has 202 valence electrons. The fourth-order valence-corrected chi connectivity index (χ4v) is 9.07. The van der Waals surface area contributed by atoms with E-state index < -0.39 is 33.4 Å². The van der Waals surface area contributed by atoms with Gasteiger partial charge in [0.25, 0.3) is 0 Å². The van der Waals surface area contributed by atoms with Crippen molar-refractivity contribution in [3.05, 3.63) is 12.7 Å². The Balaban J connectivity index is 1.69. The molecule has 2 bridgehead atoms. The molecule has 10 heteroatoms. The van der Waals surface area contributed by atoms with Gasteiger partial charge in [-0.1, -0.05) is 13.0 Å². The Morgan fingerprint density at radius 1 is 1.33 bits per heavy atom. The van der Waals surface area contributed by atoms with Gasteiger partial charge in [0.1, 0.15) is 6.04 Å². The molecule has 0 radical (unpaired) electrons. The summed E-state index contributed by atoms with van der Waals surface area (Å²) in [6.45, 7) is 14.2. The molecule has 36 heavy (non-hydrogen) atoms. The second-order valence-electron chi connectivity index (χ2n) is 10.5. The number of nitrogens with zero attached hydrogens (tertiary/aromatic N) is 3. The van der Waals surface area contributed by atoms with Crippen molar-refractivity contribution in [2.24, 2.45) is 11.8 Å². The molecule has 6 atom stereocenters. The maximum absolute atomic E-state index is 14.4. The van der Waals surface area contributed by atoms with E-state index in [2.05, 4.69) is 11.5 Å². The lowest BCUT2D eigenvalue weighted by Gasteiger charge is -2.40. The van der Waals surface area contributed by atoms with Gasteiger partial charge in [-0.2, -0.15) is 0 Å². The fraction of sp³-hybridized carbons (Fsp3) is 0.808. The summed E-state index contributed by atoms with van der Waals surface area (Å²) >= 11 is 1.63. The number of esters is 1. The highest BCUT2D eigenvalue weighted by Gasteiger charge is 2.78. The number of hydrogen-bond acceptors (Lipinski definition) is 8. The quantitative estimate of drug-likeness (QED) is 0.318. The van der Waals surface area contributed by atoms with Gasteiger partial charge in [-0.15, -0.1) is 18.3 Å². The number of hydrogen-bond donors (Lipinski definition) is 1. The molecule has 0 saturated carbocycles. The van der Waals surface area contributed by atoms with E-state index in [4.69, 9.17) is 9.47 Å². The molecule has 4 heterocycles. The van der Waals surface area contributed by atoms with E-state index in [-0.39, 0.29) is 31.0 Å². The number of rotatable bonds is 11. The predicted octanol–water partition coefficient (Wildman–Crippen LogP) is 1.15. The maximum atomic E-state index is 14.4. The maximum Gasteiger partial charge on any atom is 0.311 e. The number of thioether (sulfide) groups is 1. The van der Waals surface area contributed by atoms with Crippen molar-refractivity contribution >= 4 is 29.5 Å². The highest BCUT2D eigenvalue weighted by Crippen LogP contribution is 2.71. The number of likely N-dealkylation sites (tertiary alicyclic amines) is 1. The van der Waals surface area contributed by atoms with E-state index in [1.165, 1.54) is 0 Å². The first-order valence-electron chi connectivity index (χ1n) is 13.3. The lowest BCUT2D eigenvalue weighted by Crippen LogP contribution is -2.58. The summed E-state index contributed by atoms with van der Waals surface area (Å²) in [5.74, 6) is -1.89. The molecule has 2 unspecified atom stereocenters. The topological polar surface area (TPSA) is 99.6 Å². The van der Waals surface area contributed by atoms with Crippen LogP contribution in [0.5, 0.6) is 0 Å². The second kappa shape index (κ2) is 11.0. The van der Waals surface area contributed by atoms with Crippen LogP contribution in [0.4, 0.5) is 0 Å². The van der Waals surface area contributed by atoms with Gasteiger partial charge in [0, 0.05) is 37.5 Å². The monoisotopic (exact) mass is 523 g/mol. The van der Waals surface area contributed by atoms with Crippen molar-refractivity contribution in [1.29, 1.82) is 0 Å². The molecule has 0 aromatic heterocycles. The van der Waals surface area contributed by atoms with Crippen LogP contribution in [0.2, 0.25) is 0 Å². The summed E-state index contributed by atoms with van der Waals surface area (Å²) in [5.41, 5.74) is 0. The summed E-state index contributed by atoms with van der Waals surface area (Å²) in [6.07, 6.45) is 3.67. The molecule has 4 fully saturated rings. The van der Waals surface area contributed by atoms with Crippen molar-refractivity contribution in [3.8, 4) is 0 Å². The minimum absolute atomic E-state index is 0.118. The van der Waals surface area contributed by atoms with E-state index in [1.54, 1.807) is 34.6 Å². The molecular formula is C26H41N3O6S. The number of fused-ring (bicyclic) bond motifs is 1. The Hall–Kier alpha value is -1.62. The zero-order chi connectivity index (χ0) is 26.1. The predicted molar refractivity (Wildman–Crippen MR) is 137 cm³/mol. The molecule has 2 amide bonds. The van der Waals surface area contributed by atoms with Gasteiger partial charge in [0.15, 0.2) is 0 Å². The molecule has 0 aliphatic carbocycles. The van der Waals surface area contributed by atoms with Crippen molar-refractivity contribution in [2.45, 2.75) is 61.6 Å². The number of ether oxygens (including phenoxy) is 2. The first kappa shape index (κ1) is 27.4. The number of aliphatic hydroxyl groups excluding tert-OH is 1. The largest absolute Gasteiger partial charge is 0.466 e. The van der Waals surface area contributed by atoms with Crippen LogP contribution in [0.25, 0.3) is 0 Å². The summed E-state index contributed by atoms with van der Waals surface area (Å²) in [4.78, 5) is 47.3. The molecular weight excluding hydrogens is 482 g/mol. The molecule has 4 rings (SSSR count). The van der Waals surface area contributed by atoms with Crippen LogP contribution in [-0.4, -0.2) is 118 Å². The second-order valence-corrected chi connectivity index (χ2v) is 12.4. The van der Waals surface area contributed by atoms with Crippen molar-refractivity contribution in [1.82, 2.24) is 14.7 Å². The summed E-state index contributed by atoms with van der Waals surface area (Å²) in [6, 6.07) is -1.21. The zero-order valence-corrected chi connectivity index (χ0v) is 22.6. The lowest BCUT2D eigenvalue weighted by molar-refractivity contribution is -0.155. The molecule has 0 aromatic carbocycles. The zero-order valence-electron chi connectivity index (χ0n) is 21.8. The molecule has 1 N–H and O–H groups in total. The van der Waals surface area contributed by atoms with E-state index >= 15 is 0 Å². The van der Waals surface area contributed by atoms with Gasteiger partial charge in [0.2, 0.25) is 11.8 Å². The third kappa shape index (κ3) is 4.48. The molecule has 9 nitrogen and oxygen atoms in total. The number of carbonyl (C=O) groups excluding carboxylic acids is 3. The molecule has 1 spiro atoms. The minimum atomic E-state index is -0.733. The first-order valence-corrected chi connectivity index (χ1v) is 14.1. The van der Waals surface area contributed by atoms with Crippen LogP contribution >= 0.6 is 11.8 Å². The highest BCUT2D eigenvalue weighted by molar-refractivity contribution is 8.02. The first-order chi connectivity index (χ1) is 17.3. The van der Waals surface area contributed by atoms with E-state index in [0.717, 1.165) is 19.5 Å². The van der Waals surface area contributed by atoms with E-state index in [9.17, 15) is 19.5 Å². The van der Waals surface area contributed by atoms with Crippen LogP contribution in [0.1, 0.15) is 40.0 Å². The Morgan fingerprint density at radius 2 is 2.06 bits per heavy atom. The Kier molecular flexibility index (Phi) is 8.38. The number of amides is 2. The van der Waals surface area contributed by atoms with Crippen molar-refractivity contribution in [3.63, 3.8) is 0 Å². The number of morpholine rings is 1. The number of carbonyl (C=O) groups is 3. The van der Waals surface area contributed by atoms with Gasteiger partial charge < -0.3 is 24.4 Å². The molecule has 4 aliphatic heterocycles. The van der Waals surface area contributed by atoms with Gasteiger partial charge in [-0.3, -0.25) is 19.3 Å². The Labute approximate surface area is 218 Å². The SMILES string of the molecule is C=CCN(CCN1CCOCC1)C(=O)C1N([C@@H](CC)CO)C(=O)[C@@H]2[C@@H](C(=O)OCC)[C@@]3(C)CCC12S3. The smallest absolute Gasteiger partial charge is 0.311 e. The third-order valence-electron chi connectivity index (χ3n) is 8.52.